The number of nitrogens with zero attached hydrogens (tertiary/aromatic N) is 2. The summed E-state index contributed by atoms with van der Waals surface area (Å²) in [6.07, 6.45) is 0. The Morgan fingerprint density at radius 2 is 1.95 bits per heavy atom. The van der Waals surface area contributed by atoms with Crippen molar-refractivity contribution >= 4 is 17.3 Å². The SMILES string of the molecule is Cc1ccccc1N(C)Cc1ccc(C#N)cc1Cl. The maximum absolute atomic E-state index is 8.83. The number of benzene rings is 2. The number of nitriles is 1. The van der Waals surface area contributed by atoms with Crippen molar-refractivity contribution < 1.29 is 0 Å². The maximum Gasteiger partial charge on any atom is 0.0992 e. The standard InChI is InChI=1S/C16H15ClN2/c1-12-5-3-4-6-16(12)19(2)11-14-8-7-13(10-18)9-15(14)17/h3-9H,11H2,1-2H3. The van der Waals surface area contributed by atoms with Crippen LogP contribution in [0.3, 0.4) is 0 Å². The Kier molecular flexibility index (Phi) is 4.09. The minimum absolute atomic E-state index is 0.590. The van der Waals surface area contributed by atoms with E-state index in [4.69, 9.17) is 16.9 Å². The topological polar surface area (TPSA) is 27.0 Å². The summed E-state index contributed by atoms with van der Waals surface area (Å²) in [6.45, 7) is 2.81. The molecular formula is C16H15ClN2. The molecule has 0 aromatic heterocycles. The smallest absolute Gasteiger partial charge is 0.0992 e. The molecule has 96 valence electrons. The molecule has 0 atom stereocenters. The fourth-order valence-corrected chi connectivity index (χ4v) is 2.32. The Labute approximate surface area is 118 Å². The van der Waals surface area contributed by atoms with E-state index in [0.717, 1.165) is 12.1 Å². The first kappa shape index (κ1) is 13.5. The van der Waals surface area contributed by atoms with Gasteiger partial charge in [0.2, 0.25) is 0 Å². The molecule has 0 amide bonds. The molecule has 0 aliphatic carbocycles. The summed E-state index contributed by atoms with van der Waals surface area (Å²) in [7, 11) is 2.04. The van der Waals surface area contributed by atoms with Crippen LogP contribution < -0.4 is 4.90 Å². The molecule has 0 heterocycles. The third-order valence-electron chi connectivity index (χ3n) is 3.12. The van der Waals surface area contributed by atoms with Gasteiger partial charge in [-0.25, -0.2) is 0 Å². The fraction of sp³-hybridized carbons (Fsp3) is 0.188. The number of rotatable bonds is 3. The molecule has 0 aliphatic rings. The van der Waals surface area contributed by atoms with E-state index in [9.17, 15) is 0 Å². The summed E-state index contributed by atoms with van der Waals surface area (Å²) >= 11 is 6.20. The lowest BCUT2D eigenvalue weighted by molar-refractivity contribution is 0.917. The van der Waals surface area contributed by atoms with E-state index in [1.807, 2.05) is 25.2 Å². The molecule has 0 saturated heterocycles. The van der Waals surface area contributed by atoms with Crippen molar-refractivity contribution in [2.24, 2.45) is 0 Å². The van der Waals surface area contributed by atoms with Crippen LogP contribution in [-0.4, -0.2) is 7.05 Å². The molecule has 0 aliphatic heterocycles. The molecule has 0 bridgehead atoms. The summed E-state index contributed by atoms with van der Waals surface area (Å²) in [6, 6.07) is 15.7. The predicted octanol–water partition coefficient (Wildman–Crippen LogP) is 4.16. The Hall–Kier alpha value is -1.98. The van der Waals surface area contributed by atoms with E-state index in [1.54, 1.807) is 12.1 Å². The van der Waals surface area contributed by atoms with Crippen molar-refractivity contribution in [2.45, 2.75) is 13.5 Å². The van der Waals surface area contributed by atoms with Gasteiger partial charge in [0, 0.05) is 24.3 Å². The van der Waals surface area contributed by atoms with Gasteiger partial charge in [0.15, 0.2) is 0 Å². The molecule has 2 rings (SSSR count). The molecule has 19 heavy (non-hydrogen) atoms. The number of hydrogen-bond donors (Lipinski definition) is 0. The quantitative estimate of drug-likeness (QED) is 0.837. The van der Waals surface area contributed by atoms with E-state index < -0.39 is 0 Å². The molecule has 2 aromatic rings. The first-order chi connectivity index (χ1) is 9.11. The van der Waals surface area contributed by atoms with Crippen molar-refractivity contribution in [3.63, 3.8) is 0 Å². The highest BCUT2D eigenvalue weighted by atomic mass is 35.5. The highest BCUT2D eigenvalue weighted by Gasteiger charge is 2.08. The average molecular weight is 271 g/mol. The van der Waals surface area contributed by atoms with E-state index in [0.29, 0.717) is 10.6 Å². The Bertz CT molecular complexity index is 629. The first-order valence-corrected chi connectivity index (χ1v) is 6.45. The van der Waals surface area contributed by atoms with Crippen molar-refractivity contribution in [3.05, 3.63) is 64.2 Å². The van der Waals surface area contributed by atoms with Gasteiger partial charge in [-0.1, -0.05) is 35.9 Å². The van der Waals surface area contributed by atoms with E-state index in [2.05, 4.69) is 30.0 Å². The van der Waals surface area contributed by atoms with E-state index in [-0.39, 0.29) is 0 Å². The first-order valence-electron chi connectivity index (χ1n) is 6.07. The summed E-state index contributed by atoms with van der Waals surface area (Å²) in [5, 5.41) is 9.47. The van der Waals surface area contributed by atoms with Gasteiger partial charge in [0.25, 0.3) is 0 Å². The minimum atomic E-state index is 0.590. The summed E-state index contributed by atoms with van der Waals surface area (Å²) in [4.78, 5) is 2.16. The number of halogens is 1. The predicted molar refractivity (Wildman–Crippen MR) is 79.5 cm³/mol. The molecular weight excluding hydrogens is 256 g/mol. The minimum Gasteiger partial charge on any atom is -0.370 e. The highest BCUT2D eigenvalue weighted by Crippen LogP contribution is 2.23. The van der Waals surface area contributed by atoms with Gasteiger partial charge in [-0.15, -0.1) is 0 Å². The lowest BCUT2D eigenvalue weighted by atomic mass is 10.1. The van der Waals surface area contributed by atoms with Crippen molar-refractivity contribution in [2.75, 3.05) is 11.9 Å². The second kappa shape index (κ2) is 5.77. The monoisotopic (exact) mass is 270 g/mol. The van der Waals surface area contributed by atoms with E-state index >= 15 is 0 Å². The van der Waals surface area contributed by atoms with Crippen LogP contribution in [0.2, 0.25) is 5.02 Å². The van der Waals surface area contributed by atoms with Gasteiger partial charge < -0.3 is 4.90 Å². The average Bonchev–Trinajstić information content (AvgIpc) is 2.41. The Balaban J connectivity index is 2.22. The number of aryl methyl sites for hydroxylation is 1. The van der Waals surface area contributed by atoms with Gasteiger partial charge in [0.1, 0.15) is 0 Å². The van der Waals surface area contributed by atoms with Crippen LogP contribution in [0.5, 0.6) is 0 Å². The second-order valence-corrected chi connectivity index (χ2v) is 4.97. The highest BCUT2D eigenvalue weighted by molar-refractivity contribution is 6.31. The van der Waals surface area contributed by atoms with E-state index in [1.165, 1.54) is 11.3 Å². The van der Waals surface area contributed by atoms with Crippen molar-refractivity contribution in [3.8, 4) is 6.07 Å². The molecule has 0 radical (unpaired) electrons. The van der Waals surface area contributed by atoms with Gasteiger partial charge in [0.05, 0.1) is 11.6 Å². The van der Waals surface area contributed by atoms with Gasteiger partial charge >= 0.3 is 0 Å². The van der Waals surface area contributed by atoms with Crippen LogP contribution in [0, 0.1) is 18.3 Å². The van der Waals surface area contributed by atoms with Crippen LogP contribution in [-0.2, 0) is 6.54 Å². The maximum atomic E-state index is 8.83. The molecule has 2 nitrogen and oxygen atoms in total. The molecule has 0 fully saturated rings. The van der Waals surface area contributed by atoms with Gasteiger partial charge in [-0.3, -0.25) is 0 Å². The van der Waals surface area contributed by atoms with Crippen LogP contribution in [0.4, 0.5) is 5.69 Å². The third-order valence-corrected chi connectivity index (χ3v) is 3.47. The Morgan fingerprint density at radius 1 is 1.21 bits per heavy atom. The lowest BCUT2D eigenvalue weighted by Crippen LogP contribution is -2.17. The zero-order chi connectivity index (χ0) is 13.8. The van der Waals surface area contributed by atoms with Gasteiger partial charge in [-0.05, 0) is 36.2 Å². The summed E-state index contributed by atoms with van der Waals surface area (Å²) in [5.41, 5.74) is 4.02. The fourth-order valence-electron chi connectivity index (χ4n) is 2.08. The normalized spacial score (nSPS) is 10.0. The Morgan fingerprint density at radius 3 is 2.58 bits per heavy atom. The lowest BCUT2D eigenvalue weighted by Gasteiger charge is -2.22. The van der Waals surface area contributed by atoms with Crippen LogP contribution in [0.25, 0.3) is 0 Å². The second-order valence-electron chi connectivity index (χ2n) is 4.56. The molecule has 0 N–H and O–H groups in total. The number of para-hydroxylation sites is 1. The summed E-state index contributed by atoms with van der Waals surface area (Å²) < 4.78 is 0. The molecule has 0 unspecified atom stereocenters. The van der Waals surface area contributed by atoms with Crippen molar-refractivity contribution in [1.29, 1.82) is 5.26 Å². The molecule has 3 heteroatoms. The zero-order valence-corrected chi connectivity index (χ0v) is 11.8. The largest absolute Gasteiger partial charge is 0.370 e. The zero-order valence-electron chi connectivity index (χ0n) is 11.0. The summed E-state index contributed by atoms with van der Waals surface area (Å²) in [5.74, 6) is 0. The van der Waals surface area contributed by atoms with Crippen LogP contribution >= 0.6 is 11.6 Å². The number of hydrogen-bond acceptors (Lipinski definition) is 2. The number of anilines is 1. The van der Waals surface area contributed by atoms with Crippen LogP contribution in [0.15, 0.2) is 42.5 Å². The molecule has 0 spiro atoms. The van der Waals surface area contributed by atoms with Crippen LogP contribution in [0.1, 0.15) is 16.7 Å². The molecule has 0 saturated carbocycles. The van der Waals surface area contributed by atoms with Crippen molar-refractivity contribution in [1.82, 2.24) is 0 Å². The molecule has 2 aromatic carbocycles. The van der Waals surface area contributed by atoms with Gasteiger partial charge in [-0.2, -0.15) is 5.26 Å². The third kappa shape index (κ3) is 3.07.